The van der Waals surface area contributed by atoms with Gasteiger partial charge in [0, 0.05) is 0 Å². The van der Waals surface area contributed by atoms with Gasteiger partial charge in [0.15, 0.2) is 0 Å². The largest absolute Gasteiger partial charge is 0.352 e. The molecule has 5 nitrogen and oxygen atoms in total. The fraction of sp³-hybridized carbons (Fsp3) is 0.667. The van der Waals surface area contributed by atoms with Crippen LogP contribution in [-0.4, -0.2) is 23.3 Å². The van der Waals surface area contributed by atoms with E-state index in [0.29, 0.717) is 12.5 Å². The van der Waals surface area contributed by atoms with E-state index in [1.54, 1.807) is 0 Å². The van der Waals surface area contributed by atoms with Crippen molar-refractivity contribution < 1.29 is 4.79 Å². The first-order valence-corrected chi connectivity index (χ1v) is 3.50. The standard InChI is InChI=1S/C6H12N4O/c1-4(2)5-3-10(7)6(11)9-8-5/h4H,3,7H2,1-2H3,(H,9,11). The summed E-state index contributed by atoms with van der Waals surface area (Å²) in [5.41, 5.74) is 3.21. The molecule has 0 radical (unpaired) electrons. The SMILES string of the molecule is CC(C)C1=NNC(=O)N(N)C1. The lowest BCUT2D eigenvalue weighted by Crippen LogP contribution is -2.50. The predicted molar refractivity (Wildman–Crippen MR) is 41.7 cm³/mol. The Bertz CT molecular complexity index is 199. The van der Waals surface area contributed by atoms with Gasteiger partial charge in [-0.05, 0) is 5.92 Å². The van der Waals surface area contributed by atoms with Crippen molar-refractivity contribution in [3.05, 3.63) is 0 Å². The minimum absolute atomic E-state index is 0.321. The molecule has 5 heteroatoms. The molecular formula is C6H12N4O. The molecule has 0 saturated carbocycles. The third-order valence-electron chi connectivity index (χ3n) is 1.55. The maximum absolute atomic E-state index is 10.7. The van der Waals surface area contributed by atoms with Crippen LogP contribution in [0.1, 0.15) is 13.8 Å². The molecule has 0 unspecified atom stereocenters. The topological polar surface area (TPSA) is 70.7 Å². The molecule has 1 aliphatic rings. The quantitative estimate of drug-likeness (QED) is 0.411. The Balaban J connectivity index is 2.66. The molecular weight excluding hydrogens is 144 g/mol. The van der Waals surface area contributed by atoms with Gasteiger partial charge in [-0.15, -0.1) is 0 Å². The van der Waals surface area contributed by atoms with Crippen molar-refractivity contribution in [1.29, 1.82) is 0 Å². The number of hydrogen-bond acceptors (Lipinski definition) is 3. The zero-order valence-corrected chi connectivity index (χ0v) is 6.66. The molecule has 0 aromatic rings. The van der Waals surface area contributed by atoms with E-state index >= 15 is 0 Å². The van der Waals surface area contributed by atoms with Crippen LogP contribution in [0.25, 0.3) is 0 Å². The average Bonchev–Trinajstić information content (AvgIpc) is 1.94. The number of hydrazone groups is 1. The number of amides is 2. The van der Waals surface area contributed by atoms with Crippen LogP contribution in [-0.2, 0) is 0 Å². The highest BCUT2D eigenvalue weighted by atomic mass is 16.2. The Labute approximate surface area is 65.2 Å². The monoisotopic (exact) mass is 156 g/mol. The number of nitrogens with two attached hydrogens (primary N) is 1. The van der Waals surface area contributed by atoms with E-state index in [-0.39, 0.29) is 6.03 Å². The molecule has 62 valence electrons. The number of carbonyl (C=O) groups is 1. The molecule has 0 aliphatic carbocycles. The Hall–Kier alpha value is -1.10. The van der Waals surface area contributed by atoms with Crippen LogP contribution in [0.2, 0.25) is 0 Å². The third-order valence-corrected chi connectivity index (χ3v) is 1.55. The molecule has 0 spiro atoms. The number of carbonyl (C=O) groups excluding carboxylic acids is 1. The van der Waals surface area contributed by atoms with Gasteiger partial charge < -0.3 is 0 Å². The molecule has 1 aliphatic heterocycles. The summed E-state index contributed by atoms with van der Waals surface area (Å²) in [5, 5.41) is 4.97. The second-order valence-electron chi connectivity index (χ2n) is 2.80. The van der Waals surface area contributed by atoms with Gasteiger partial charge in [-0.1, -0.05) is 13.8 Å². The van der Waals surface area contributed by atoms with E-state index in [2.05, 4.69) is 10.5 Å². The predicted octanol–water partition coefficient (Wildman–Crippen LogP) is -0.103. The van der Waals surface area contributed by atoms with Crippen molar-refractivity contribution in [3.8, 4) is 0 Å². The van der Waals surface area contributed by atoms with Crippen molar-refractivity contribution in [3.63, 3.8) is 0 Å². The molecule has 0 atom stereocenters. The summed E-state index contributed by atoms with van der Waals surface area (Å²) >= 11 is 0. The van der Waals surface area contributed by atoms with E-state index < -0.39 is 0 Å². The molecule has 0 bridgehead atoms. The molecule has 2 amide bonds. The minimum atomic E-state index is -0.352. The summed E-state index contributed by atoms with van der Waals surface area (Å²) in [5.74, 6) is 5.67. The van der Waals surface area contributed by atoms with Crippen LogP contribution >= 0.6 is 0 Å². The Morgan fingerprint density at radius 2 is 2.36 bits per heavy atom. The number of urea groups is 1. The molecule has 0 fully saturated rings. The van der Waals surface area contributed by atoms with Crippen LogP contribution in [0.5, 0.6) is 0 Å². The van der Waals surface area contributed by atoms with Gasteiger partial charge in [0.25, 0.3) is 0 Å². The number of rotatable bonds is 1. The molecule has 0 aromatic heterocycles. The van der Waals surface area contributed by atoms with E-state index in [4.69, 9.17) is 5.84 Å². The highest BCUT2D eigenvalue weighted by Crippen LogP contribution is 2.01. The first kappa shape index (κ1) is 8.00. The number of nitrogens with zero attached hydrogens (tertiary/aromatic N) is 2. The second kappa shape index (κ2) is 2.87. The lowest BCUT2D eigenvalue weighted by atomic mass is 10.1. The zero-order valence-electron chi connectivity index (χ0n) is 6.66. The Kier molecular flexibility index (Phi) is 2.09. The van der Waals surface area contributed by atoms with Gasteiger partial charge in [0.05, 0.1) is 12.3 Å². The van der Waals surface area contributed by atoms with Gasteiger partial charge in [0.1, 0.15) is 0 Å². The summed E-state index contributed by atoms with van der Waals surface area (Å²) in [6.45, 7) is 4.43. The second-order valence-corrected chi connectivity index (χ2v) is 2.80. The van der Waals surface area contributed by atoms with Crippen LogP contribution in [0.4, 0.5) is 4.79 Å². The van der Waals surface area contributed by atoms with Crippen LogP contribution in [0.3, 0.4) is 0 Å². The minimum Gasteiger partial charge on any atom is -0.255 e. The number of nitrogens with one attached hydrogen (secondary N) is 1. The van der Waals surface area contributed by atoms with Gasteiger partial charge in [-0.2, -0.15) is 5.10 Å². The molecule has 0 aromatic carbocycles. The van der Waals surface area contributed by atoms with Crippen molar-refractivity contribution in [2.24, 2.45) is 16.9 Å². The van der Waals surface area contributed by atoms with Crippen LogP contribution in [0.15, 0.2) is 5.10 Å². The smallest absolute Gasteiger partial charge is 0.255 e. The van der Waals surface area contributed by atoms with Crippen molar-refractivity contribution >= 4 is 11.7 Å². The summed E-state index contributed by atoms with van der Waals surface area (Å²) < 4.78 is 0. The molecule has 0 saturated heterocycles. The highest BCUT2D eigenvalue weighted by Gasteiger charge is 2.18. The van der Waals surface area contributed by atoms with Gasteiger partial charge >= 0.3 is 6.03 Å². The third kappa shape index (κ3) is 1.68. The maximum Gasteiger partial charge on any atom is 0.352 e. The summed E-state index contributed by atoms with van der Waals surface area (Å²) in [7, 11) is 0. The van der Waals surface area contributed by atoms with Gasteiger partial charge in [0.2, 0.25) is 0 Å². The van der Waals surface area contributed by atoms with Crippen molar-refractivity contribution in [2.45, 2.75) is 13.8 Å². The lowest BCUT2D eigenvalue weighted by Gasteiger charge is -2.23. The Morgan fingerprint density at radius 3 is 2.82 bits per heavy atom. The first-order valence-electron chi connectivity index (χ1n) is 3.50. The molecule has 1 heterocycles. The molecule has 1 rings (SSSR count). The van der Waals surface area contributed by atoms with Crippen molar-refractivity contribution in [1.82, 2.24) is 10.4 Å². The number of hydrazine groups is 1. The number of hydrogen-bond donors (Lipinski definition) is 2. The molecule has 11 heavy (non-hydrogen) atoms. The fourth-order valence-corrected chi connectivity index (χ4v) is 0.777. The Morgan fingerprint density at radius 1 is 1.73 bits per heavy atom. The van der Waals surface area contributed by atoms with E-state index in [0.717, 1.165) is 10.7 Å². The van der Waals surface area contributed by atoms with Gasteiger partial charge in [-0.25, -0.2) is 16.1 Å². The summed E-state index contributed by atoms with van der Waals surface area (Å²) in [4.78, 5) is 10.7. The van der Waals surface area contributed by atoms with Crippen LogP contribution in [0, 0.1) is 5.92 Å². The van der Waals surface area contributed by atoms with Crippen LogP contribution < -0.4 is 11.3 Å². The normalized spacial score (nSPS) is 18.4. The summed E-state index contributed by atoms with van der Waals surface area (Å²) in [6.07, 6.45) is 0. The zero-order chi connectivity index (χ0) is 8.43. The van der Waals surface area contributed by atoms with E-state index in [9.17, 15) is 4.79 Å². The van der Waals surface area contributed by atoms with Gasteiger partial charge in [-0.3, -0.25) is 5.01 Å². The van der Waals surface area contributed by atoms with E-state index in [1.807, 2.05) is 13.8 Å². The summed E-state index contributed by atoms with van der Waals surface area (Å²) in [6, 6.07) is -0.352. The maximum atomic E-state index is 10.7. The highest BCUT2D eigenvalue weighted by molar-refractivity contribution is 5.93. The van der Waals surface area contributed by atoms with Crippen molar-refractivity contribution in [2.75, 3.05) is 6.54 Å². The first-order chi connectivity index (χ1) is 5.11. The fourth-order valence-electron chi connectivity index (χ4n) is 0.777. The lowest BCUT2D eigenvalue weighted by molar-refractivity contribution is 0.202. The van der Waals surface area contributed by atoms with E-state index in [1.165, 1.54) is 0 Å². The average molecular weight is 156 g/mol. The molecule has 3 N–H and O–H groups in total.